The lowest BCUT2D eigenvalue weighted by atomic mass is 9.91. The second-order valence-electron chi connectivity index (χ2n) is 4.26. The average molecular weight is 224 g/mol. The summed E-state index contributed by atoms with van der Waals surface area (Å²) in [5.41, 5.74) is 0. The lowest BCUT2D eigenvalue weighted by Gasteiger charge is -2.37. The summed E-state index contributed by atoms with van der Waals surface area (Å²) in [4.78, 5) is 2.08. The Kier molecular flexibility index (Phi) is 4.40. The molecule has 90 valence electrons. The molecule has 0 amide bonds. The van der Waals surface area contributed by atoms with Crippen molar-refractivity contribution >= 4 is 0 Å². The normalized spacial score (nSPS) is 29.4. The van der Waals surface area contributed by atoms with Gasteiger partial charge in [0.05, 0.1) is 0 Å². The van der Waals surface area contributed by atoms with E-state index >= 15 is 0 Å². The minimum atomic E-state index is -4.03. The third kappa shape index (κ3) is 4.38. The van der Waals surface area contributed by atoms with Crippen LogP contribution in [-0.2, 0) is 0 Å². The number of nitrogens with one attached hydrogen (secondary N) is 1. The van der Waals surface area contributed by atoms with Crippen LogP contribution < -0.4 is 5.32 Å². The number of likely N-dealkylation sites (N-methyl/N-ethyl adjacent to an activating group) is 2. The van der Waals surface area contributed by atoms with Crippen molar-refractivity contribution in [1.82, 2.24) is 10.2 Å². The zero-order valence-electron chi connectivity index (χ0n) is 9.27. The van der Waals surface area contributed by atoms with Gasteiger partial charge >= 0.3 is 6.18 Å². The third-order valence-corrected chi connectivity index (χ3v) is 2.99. The molecule has 0 radical (unpaired) electrons. The zero-order valence-corrected chi connectivity index (χ0v) is 9.27. The van der Waals surface area contributed by atoms with Crippen LogP contribution >= 0.6 is 0 Å². The van der Waals surface area contributed by atoms with Crippen LogP contribution in [-0.4, -0.2) is 43.8 Å². The Bertz CT molecular complexity index is 182. The van der Waals surface area contributed by atoms with Crippen LogP contribution in [0.2, 0.25) is 0 Å². The Labute approximate surface area is 88.8 Å². The number of hydrogen-bond donors (Lipinski definition) is 1. The van der Waals surface area contributed by atoms with Crippen LogP contribution in [0.5, 0.6) is 0 Å². The molecule has 0 aromatic carbocycles. The van der Waals surface area contributed by atoms with Gasteiger partial charge in [-0.2, -0.15) is 13.2 Å². The summed E-state index contributed by atoms with van der Waals surface area (Å²) in [6, 6.07) is 0.200. The number of halogens is 3. The molecule has 0 aromatic rings. The maximum atomic E-state index is 12.3. The quantitative estimate of drug-likeness (QED) is 0.787. The summed E-state index contributed by atoms with van der Waals surface area (Å²) in [5.74, 6) is -0.254. The second kappa shape index (κ2) is 5.16. The number of nitrogens with zero attached hydrogens (tertiary/aromatic N) is 1. The van der Waals surface area contributed by atoms with Gasteiger partial charge in [0.15, 0.2) is 0 Å². The van der Waals surface area contributed by atoms with Gasteiger partial charge in [0.1, 0.15) is 0 Å². The fourth-order valence-corrected chi connectivity index (χ4v) is 2.25. The Morgan fingerprint density at radius 3 is 2.47 bits per heavy atom. The second-order valence-corrected chi connectivity index (χ2v) is 4.26. The summed E-state index contributed by atoms with van der Waals surface area (Å²) >= 11 is 0. The molecule has 1 aliphatic rings. The van der Waals surface area contributed by atoms with Crippen LogP contribution in [0.4, 0.5) is 13.2 Å². The van der Waals surface area contributed by atoms with Crippen LogP contribution in [0.25, 0.3) is 0 Å². The van der Waals surface area contributed by atoms with Gasteiger partial charge in [-0.15, -0.1) is 0 Å². The van der Waals surface area contributed by atoms with Crippen molar-refractivity contribution in [3.63, 3.8) is 0 Å². The first-order chi connectivity index (χ1) is 6.94. The van der Waals surface area contributed by atoms with Crippen molar-refractivity contribution in [1.29, 1.82) is 0 Å². The molecule has 15 heavy (non-hydrogen) atoms. The molecule has 1 aliphatic heterocycles. The lowest BCUT2D eigenvalue weighted by Crippen LogP contribution is -2.48. The number of likely N-dealkylation sites (tertiary alicyclic amines) is 1. The largest absolute Gasteiger partial charge is 0.389 e. The van der Waals surface area contributed by atoms with Crippen LogP contribution in [0, 0.1) is 5.92 Å². The topological polar surface area (TPSA) is 15.3 Å². The van der Waals surface area contributed by atoms with E-state index in [0.29, 0.717) is 13.0 Å². The standard InChI is InChI=1S/C10H19F3N2/c1-3-15-6-8(5-10(11,12)13)4-9(7-15)14-2/h8-9,14H,3-7H2,1-2H3. The monoisotopic (exact) mass is 224 g/mol. The van der Waals surface area contributed by atoms with E-state index in [-0.39, 0.29) is 12.0 Å². The summed E-state index contributed by atoms with van der Waals surface area (Å²) in [6.07, 6.45) is -4.05. The van der Waals surface area contributed by atoms with Crippen molar-refractivity contribution in [3.8, 4) is 0 Å². The predicted octanol–water partition coefficient (Wildman–Crippen LogP) is 1.87. The first-order valence-corrected chi connectivity index (χ1v) is 5.41. The summed E-state index contributed by atoms with van der Waals surface area (Å²) in [7, 11) is 1.81. The molecule has 1 fully saturated rings. The highest BCUT2D eigenvalue weighted by Gasteiger charge is 2.35. The predicted molar refractivity (Wildman–Crippen MR) is 53.7 cm³/mol. The molecule has 1 rings (SSSR count). The number of alkyl halides is 3. The highest BCUT2D eigenvalue weighted by atomic mass is 19.4. The molecular weight excluding hydrogens is 205 g/mol. The molecule has 2 nitrogen and oxygen atoms in total. The average Bonchev–Trinajstić information content (AvgIpc) is 2.14. The first-order valence-electron chi connectivity index (χ1n) is 5.41. The smallest absolute Gasteiger partial charge is 0.316 e. The van der Waals surface area contributed by atoms with Gasteiger partial charge in [-0.1, -0.05) is 6.92 Å². The zero-order chi connectivity index (χ0) is 11.5. The van der Waals surface area contributed by atoms with Gasteiger partial charge in [0, 0.05) is 25.6 Å². The molecule has 0 aromatic heterocycles. The van der Waals surface area contributed by atoms with Crippen LogP contribution in [0.15, 0.2) is 0 Å². The molecular formula is C10H19F3N2. The number of piperidine rings is 1. The molecule has 1 heterocycles. The summed E-state index contributed by atoms with van der Waals surface area (Å²) in [6.45, 7) is 4.25. The minimum Gasteiger partial charge on any atom is -0.316 e. The third-order valence-electron chi connectivity index (χ3n) is 2.99. The van der Waals surface area contributed by atoms with E-state index in [2.05, 4.69) is 10.2 Å². The van der Waals surface area contributed by atoms with Gasteiger partial charge in [-0.05, 0) is 25.9 Å². The van der Waals surface area contributed by atoms with E-state index in [4.69, 9.17) is 0 Å². The molecule has 0 bridgehead atoms. The lowest BCUT2D eigenvalue weighted by molar-refractivity contribution is -0.148. The van der Waals surface area contributed by atoms with E-state index in [1.165, 1.54) is 0 Å². The van der Waals surface area contributed by atoms with Crippen molar-refractivity contribution in [2.45, 2.75) is 32.0 Å². The molecule has 0 aliphatic carbocycles. The Morgan fingerprint density at radius 1 is 1.33 bits per heavy atom. The highest BCUT2D eigenvalue weighted by molar-refractivity contribution is 4.83. The molecule has 0 spiro atoms. The van der Waals surface area contributed by atoms with Crippen molar-refractivity contribution in [3.05, 3.63) is 0 Å². The molecule has 0 saturated carbocycles. The minimum absolute atomic E-state index is 0.200. The Balaban J connectivity index is 2.50. The highest BCUT2D eigenvalue weighted by Crippen LogP contribution is 2.30. The first kappa shape index (κ1) is 12.8. The number of rotatable bonds is 3. The Hall–Kier alpha value is -0.290. The van der Waals surface area contributed by atoms with E-state index in [0.717, 1.165) is 13.1 Å². The van der Waals surface area contributed by atoms with Crippen molar-refractivity contribution in [2.24, 2.45) is 5.92 Å². The summed E-state index contributed by atoms with van der Waals surface area (Å²) in [5, 5.41) is 3.07. The fraction of sp³-hybridized carbons (Fsp3) is 1.00. The van der Waals surface area contributed by atoms with E-state index in [9.17, 15) is 13.2 Å². The number of hydrogen-bond acceptors (Lipinski definition) is 2. The maximum absolute atomic E-state index is 12.3. The van der Waals surface area contributed by atoms with E-state index in [1.807, 2.05) is 14.0 Å². The maximum Gasteiger partial charge on any atom is 0.389 e. The molecule has 1 saturated heterocycles. The van der Waals surface area contributed by atoms with Gasteiger partial charge < -0.3 is 10.2 Å². The van der Waals surface area contributed by atoms with Crippen LogP contribution in [0.3, 0.4) is 0 Å². The SMILES string of the molecule is CCN1CC(CC(F)(F)F)CC(NC)C1. The molecule has 1 N–H and O–H groups in total. The van der Waals surface area contributed by atoms with Gasteiger partial charge in [-0.25, -0.2) is 0 Å². The molecule has 2 unspecified atom stereocenters. The fourth-order valence-electron chi connectivity index (χ4n) is 2.25. The molecule has 2 atom stereocenters. The van der Waals surface area contributed by atoms with E-state index in [1.54, 1.807) is 0 Å². The van der Waals surface area contributed by atoms with E-state index < -0.39 is 12.6 Å². The van der Waals surface area contributed by atoms with Crippen molar-refractivity contribution in [2.75, 3.05) is 26.7 Å². The molecule has 5 heteroatoms. The van der Waals surface area contributed by atoms with Gasteiger partial charge in [-0.3, -0.25) is 0 Å². The Morgan fingerprint density at radius 2 is 2.00 bits per heavy atom. The van der Waals surface area contributed by atoms with Gasteiger partial charge in [0.25, 0.3) is 0 Å². The summed E-state index contributed by atoms with van der Waals surface area (Å²) < 4.78 is 36.8. The van der Waals surface area contributed by atoms with Crippen molar-refractivity contribution < 1.29 is 13.2 Å². The van der Waals surface area contributed by atoms with Crippen LogP contribution in [0.1, 0.15) is 19.8 Å². The van der Waals surface area contributed by atoms with Gasteiger partial charge in [0.2, 0.25) is 0 Å².